The zero-order valence-electron chi connectivity index (χ0n) is 7.99. The molecule has 0 rings (SSSR count). The largest absolute Gasteiger partial charge is 0.459 e. The fourth-order valence-corrected chi connectivity index (χ4v) is 0.993. The van der Waals surface area contributed by atoms with Crippen LogP contribution in [0.5, 0.6) is 0 Å². The fourth-order valence-electron chi connectivity index (χ4n) is 0.719. The summed E-state index contributed by atoms with van der Waals surface area (Å²) in [6.07, 6.45) is -12.8. The van der Waals surface area contributed by atoms with Crippen molar-refractivity contribution in [3.63, 3.8) is 0 Å². The first-order chi connectivity index (χ1) is 7.90. The van der Waals surface area contributed by atoms with Crippen molar-refractivity contribution in [3.8, 4) is 0 Å². The van der Waals surface area contributed by atoms with Crippen LogP contribution in [0.15, 0.2) is 0 Å². The Morgan fingerprint density at radius 1 is 0.632 bits per heavy atom. The molecule has 0 heterocycles. The predicted molar refractivity (Wildman–Crippen MR) is 44.8 cm³/mol. The van der Waals surface area contributed by atoms with Gasteiger partial charge in [0.25, 0.3) is 0 Å². The summed E-state index contributed by atoms with van der Waals surface area (Å²) in [5.74, 6) is -20.8. The standard InChI is InChI=1S/C6HF12I/c7-1(3(10,11)6(17,18)19)2(8,9)4(12,13)5(14,15)16/h1H. The van der Waals surface area contributed by atoms with Crippen LogP contribution in [0.3, 0.4) is 0 Å². The Bertz CT molecular complexity index is 324. The number of halogens is 13. The summed E-state index contributed by atoms with van der Waals surface area (Å²) in [7, 11) is 0. The van der Waals surface area contributed by atoms with Crippen LogP contribution < -0.4 is 0 Å². The van der Waals surface area contributed by atoms with E-state index >= 15 is 0 Å². The van der Waals surface area contributed by atoms with E-state index in [0.717, 1.165) is 0 Å². The van der Waals surface area contributed by atoms with E-state index in [-0.39, 0.29) is 0 Å². The second-order valence-corrected chi connectivity index (χ2v) is 4.53. The van der Waals surface area contributed by atoms with Gasteiger partial charge in [-0.25, -0.2) is 4.39 Å². The van der Waals surface area contributed by atoms with Gasteiger partial charge in [0.05, 0.1) is 0 Å². The molecule has 116 valence electrons. The lowest BCUT2D eigenvalue weighted by atomic mass is 10.0. The highest BCUT2D eigenvalue weighted by Crippen LogP contribution is 2.55. The molecule has 0 aliphatic rings. The Balaban J connectivity index is 5.70. The first kappa shape index (κ1) is 18.9. The molecule has 0 aromatic carbocycles. The Kier molecular flexibility index (Phi) is 4.69. The molecule has 0 aliphatic heterocycles. The highest BCUT2D eigenvalue weighted by Gasteiger charge is 2.81. The van der Waals surface area contributed by atoms with E-state index in [1.807, 2.05) is 0 Å². The topological polar surface area (TPSA) is 0 Å². The van der Waals surface area contributed by atoms with Crippen molar-refractivity contribution >= 4 is 22.6 Å². The molecule has 0 saturated heterocycles. The summed E-state index contributed by atoms with van der Waals surface area (Å²) >= 11 is -0.559. The number of alkyl halides is 13. The molecule has 13 heteroatoms. The van der Waals surface area contributed by atoms with Gasteiger partial charge in [-0.3, -0.25) is 0 Å². The van der Waals surface area contributed by atoms with E-state index in [1.54, 1.807) is 0 Å². The molecule has 0 aromatic heterocycles. The van der Waals surface area contributed by atoms with Crippen molar-refractivity contribution in [1.82, 2.24) is 0 Å². The average Bonchev–Trinajstić information content (AvgIpc) is 2.12. The smallest absolute Gasteiger partial charge is 0.233 e. The van der Waals surface area contributed by atoms with Crippen LogP contribution in [-0.4, -0.2) is 34.0 Å². The van der Waals surface area contributed by atoms with Crippen LogP contribution in [0.25, 0.3) is 0 Å². The lowest BCUT2D eigenvalue weighted by Gasteiger charge is -2.34. The lowest BCUT2D eigenvalue weighted by Crippen LogP contribution is -2.63. The summed E-state index contributed by atoms with van der Waals surface area (Å²) in [5.41, 5.74) is 0. The van der Waals surface area contributed by atoms with Crippen molar-refractivity contribution in [2.24, 2.45) is 0 Å². The highest BCUT2D eigenvalue weighted by atomic mass is 127. The predicted octanol–water partition coefficient (Wildman–Crippen LogP) is 4.82. The second-order valence-electron chi connectivity index (χ2n) is 3.18. The molecule has 1 atom stereocenters. The molecule has 0 saturated carbocycles. The minimum Gasteiger partial charge on any atom is -0.233 e. The molecule has 0 aliphatic carbocycles. The summed E-state index contributed by atoms with van der Waals surface area (Å²) < 4.78 is 140. The van der Waals surface area contributed by atoms with Crippen molar-refractivity contribution < 1.29 is 52.7 Å². The molecular formula is C6HF12I. The normalized spacial score (nSPS) is 17.5. The third kappa shape index (κ3) is 2.99. The summed E-state index contributed by atoms with van der Waals surface area (Å²) in [6, 6.07) is 0. The summed E-state index contributed by atoms with van der Waals surface area (Å²) in [5, 5.41) is 0. The highest BCUT2D eigenvalue weighted by molar-refractivity contribution is 14.1. The number of hydrogen-bond donors (Lipinski definition) is 0. The SMILES string of the molecule is FC(C(F)(F)C(F)(F)I)C(F)(F)C(F)(F)C(F)(F)F. The van der Waals surface area contributed by atoms with Crippen molar-refractivity contribution in [2.45, 2.75) is 34.0 Å². The zero-order valence-corrected chi connectivity index (χ0v) is 10.1. The van der Waals surface area contributed by atoms with Gasteiger partial charge in [0, 0.05) is 22.6 Å². The minimum atomic E-state index is -7.25. The molecule has 0 N–H and O–H groups in total. The molecule has 0 radical (unpaired) electrons. The van der Waals surface area contributed by atoms with Crippen molar-refractivity contribution in [1.29, 1.82) is 0 Å². The summed E-state index contributed by atoms with van der Waals surface area (Å²) in [4.78, 5) is 0. The van der Waals surface area contributed by atoms with Crippen LogP contribution in [-0.2, 0) is 0 Å². The van der Waals surface area contributed by atoms with Crippen LogP contribution in [0.2, 0.25) is 0 Å². The molecule has 0 spiro atoms. The Morgan fingerprint density at radius 2 is 0.947 bits per heavy atom. The van der Waals surface area contributed by atoms with Gasteiger partial charge in [-0.05, 0) is 0 Å². The van der Waals surface area contributed by atoms with Gasteiger partial charge in [0.15, 0.2) is 0 Å². The van der Waals surface area contributed by atoms with Gasteiger partial charge >= 0.3 is 27.9 Å². The fraction of sp³-hybridized carbons (Fsp3) is 1.00. The van der Waals surface area contributed by atoms with Gasteiger partial charge in [-0.15, -0.1) is 0 Å². The molecule has 0 nitrogen and oxygen atoms in total. The van der Waals surface area contributed by atoms with Gasteiger partial charge in [-0.2, -0.15) is 48.3 Å². The first-order valence-electron chi connectivity index (χ1n) is 3.81. The molecule has 1 unspecified atom stereocenters. The van der Waals surface area contributed by atoms with E-state index in [0.29, 0.717) is 0 Å². The van der Waals surface area contributed by atoms with Gasteiger partial charge in [0.2, 0.25) is 6.17 Å². The third-order valence-corrected chi connectivity index (χ3v) is 2.51. The Morgan fingerprint density at radius 3 is 1.16 bits per heavy atom. The van der Waals surface area contributed by atoms with E-state index in [2.05, 4.69) is 0 Å². The molecule has 19 heavy (non-hydrogen) atoms. The second kappa shape index (κ2) is 4.72. The van der Waals surface area contributed by atoms with Crippen molar-refractivity contribution in [3.05, 3.63) is 0 Å². The van der Waals surface area contributed by atoms with E-state index in [4.69, 9.17) is 0 Å². The van der Waals surface area contributed by atoms with Crippen molar-refractivity contribution in [2.75, 3.05) is 0 Å². The molecule has 0 amide bonds. The molecule has 0 aromatic rings. The van der Waals surface area contributed by atoms with Gasteiger partial charge in [0.1, 0.15) is 0 Å². The maximum absolute atomic E-state index is 12.5. The summed E-state index contributed by atoms with van der Waals surface area (Å²) in [6.45, 7) is 0. The first-order valence-corrected chi connectivity index (χ1v) is 4.89. The van der Waals surface area contributed by atoms with Gasteiger partial charge in [-0.1, -0.05) is 0 Å². The third-order valence-electron chi connectivity index (χ3n) is 1.79. The Hall–Kier alpha value is -0.110. The maximum atomic E-state index is 12.5. The van der Waals surface area contributed by atoms with Crippen LogP contribution in [0.1, 0.15) is 0 Å². The monoisotopic (exact) mass is 428 g/mol. The molecular weight excluding hydrogens is 427 g/mol. The zero-order chi connectivity index (χ0) is 16.1. The molecule has 0 bridgehead atoms. The van der Waals surface area contributed by atoms with Gasteiger partial charge < -0.3 is 0 Å². The Labute approximate surface area is 110 Å². The number of hydrogen-bond acceptors (Lipinski definition) is 0. The molecule has 0 fully saturated rings. The van der Waals surface area contributed by atoms with E-state index < -0.39 is 56.6 Å². The maximum Gasteiger partial charge on any atom is 0.459 e. The van der Waals surface area contributed by atoms with Crippen LogP contribution in [0.4, 0.5) is 52.7 Å². The van der Waals surface area contributed by atoms with Crippen LogP contribution >= 0.6 is 22.6 Å². The lowest BCUT2D eigenvalue weighted by molar-refractivity contribution is -0.383. The van der Waals surface area contributed by atoms with E-state index in [1.165, 1.54) is 0 Å². The number of rotatable bonds is 4. The minimum absolute atomic E-state index is 0.559. The van der Waals surface area contributed by atoms with Crippen LogP contribution in [0, 0.1) is 0 Å². The van der Waals surface area contributed by atoms with E-state index in [9.17, 15) is 52.7 Å². The quantitative estimate of drug-likeness (QED) is 0.343. The average molecular weight is 428 g/mol.